The molecule has 0 saturated carbocycles. The number of aliphatic carboxylic acids is 1. The topological polar surface area (TPSA) is 88.5 Å². The van der Waals surface area contributed by atoms with Gasteiger partial charge in [0.25, 0.3) is 5.91 Å². The predicted molar refractivity (Wildman–Crippen MR) is 90.4 cm³/mol. The van der Waals surface area contributed by atoms with E-state index in [1.54, 1.807) is 11.4 Å². The number of nitrogens with one attached hydrogen (secondary N) is 1. The minimum Gasteiger partial charge on any atom is -0.481 e. The average molecular weight is 367 g/mol. The number of carbonyl (C=O) groups excluding carboxylic acids is 1. The first-order valence-electron chi connectivity index (χ1n) is 7.32. The lowest BCUT2D eigenvalue weighted by atomic mass is 9.94. The van der Waals surface area contributed by atoms with Gasteiger partial charge in [0.1, 0.15) is 10.7 Å². The first-order valence-corrected chi connectivity index (χ1v) is 8.57. The molecule has 24 heavy (non-hydrogen) atoms. The highest BCUT2D eigenvalue weighted by molar-refractivity contribution is 7.13. The van der Waals surface area contributed by atoms with Gasteiger partial charge in [0, 0.05) is 17.6 Å². The van der Waals surface area contributed by atoms with E-state index in [4.69, 9.17) is 21.4 Å². The Balaban J connectivity index is 1.79. The molecule has 0 aliphatic carbocycles. The van der Waals surface area contributed by atoms with Crippen LogP contribution in [0.3, 0.4) is 0 Å². The second-order valence-corrected chi connectivity index (χ2v) is 6.89. The van der Waals surface area contributed by atoms with Crippen LogP contribution in [0.2, 0.25) is 5.02 Å². The van der Waals surface area contributed by atoms with Crippen molar-refractivity contribution < 1.29 is 19.4 Å². The van der Waals surface area contributed by atoms with Gasteiger partial charge in [-0.05, 0) is 12.5 Å². The number of aromatic nitrogens is 1. The van der Waals surface area contributed by atoms with Gasteiger partial charge >= 0.3 is 5.97 Å². The van der Waals surface area contributed by atoms with Gasteiger partial charge in [0.15, 0.2) is 0 Å². The number of rotatable bonds is 5. The molecule has 126 valence electrons. The fourth-order valence-corrected chi connectivity index (χ4v) is 3.74. The smallest absolute Gasteiger partial charge is 0.305 e. The highest BCUT2D eigenvalue weighted by atomic mass is 35.5. The summed E-state index contributed by atoms with van der Waals surface area (Å²) in [5.41, 5.74) is 0.121. The molecule has 1 fully saturated rings. The number of thiazole rings is 1. The Morgan fingerprint density at radius 2 is 2.21 bits per heavy atom. The maximum atomic E-state index is 12.5. The Bertz CT molecular complexity index is 771. The first-order chi connectivity index (χ1) is 11.5. The quantitative estimate of drug-likeness (QED) is 0.849. The summed E-state index contributed by atoms with van der Waals surface area (Å²) < 4.78 is 5.28. The van der Waals surface area contributed by atoms with E-state index in [1.807, 2.05) is 18.2 Å². The maximum Gasteiger partial charge on any atom is 0.305 e. The second-order valence-electron chi connectivity index (χ2n) is 5.63. The molecule has 1 amide bonds. The Labute approximate surface area is 147 Å². The van der Waals surface area contributed by atoms with Crippen LogP contribution in [-0.2, 0) is 9.53 Å². The Hall–Kier alpha value is -1.96. The van der Waals surface area contributed by atoms with Crippen molar-refractivity contribution in [1.29, 1.82) is 0 Å². The summed E-state index contributed by atoms with van der Waals surface area (Å²) in [7, 11) is 0. The minimum atomic E-state index is -0.976. The van der Waals surface area contributed by atoms with Gasteiger partial charge in [-0.2, -0.15) is 0 Å². The van der Waals surface area contributed by atoms with E-state index in [2.05, 4.69) is 10.3 Å². The van der Waals surface area contributed by atoms with Gasteiger partial charge in [-0.25, -0.2) is 4.98 Å². The lowest BCUT2D eigenvalue weighted by molar-refractivity contribution is -0.138. The van der Waals surface area contributed by atoms with Crippen LogP contribution < -0.4 is 5.32 Å². The van der Waals surface area contributed by atoms with Crippen LogP contribution in [-0.4, -0.2) is 40.7 Å². The van der Waals surface area contributed by atoms with Crippen molar-refractivity contribution >= 4 is 34.8 Å². The molecule has 2 heterocycles. The van der Waals surface area contributed by atoms with Crippen molar-refractivity contribution in [3.8, 4) is 10.6 Å². The van der Waals surface area contributed by atoms with Gasteiger partial charge in [0.2, 0.25) is 0 Å². The lowest BCUT2D eigenvalue weighted by Crippen LogP contribution is -2.50. The van der Waals surface area contributed by atoms with Crippen LogP contribution in [0.1, 0.15) is 23.3 Å². The van der Waals surface area contributed by atoms with Crippen molar-refractivity contribution in [2.24, 2.45) is 0 Å². The largest absolute Gasteiger partial charge is 0.481 e. The summed E-state index contributed by atoms with van der Waals surface area (Å²) in [5, 5.41) is 14.7. The third-order valence-corrected chi connectivity index (χ3v) is 5.02. The molecule has 6 nitrogen and oxygen atoms in total. The van der Waals surface area contributed by atoms with Crippen LogP contribution in [0, 0.1) is 0 Å². The monoisotopic (exact) mass is 366 g/mol. The molecule has 1 aromatic carbocycles. The molecular formula is C16H15ClN2O4S. The first kappa shape index (κ1) is 16.9. The van der Waals surface area contributed by atoms with Gasteiger partial charge < -0.3 is 15.2 Å². The third kappa shape index (κ3) is 3.58. The lowest BCUT2D eigenvalue weighted by Gasteiger charge is -2.26. The van der Waals surface area contributed by atoms with Gasteiger partial charge in [-0.3, -0.25) is 9.59 Å². The van der Waals surface area contributed by atoms with Gasteiger partial charge in [-0.1, -0.05) is 29.8 Å². The standard InChI is InChI=1S/C16H15ClN2O4S/c17-11-4-2-1-3-10(11)15-18-12(8-24-15)14(22)19-16(7-13(20)21)5-6-23-9-16/h1-4,8H,5-7,9H2,(H,19,22)(H,20,21). The summed E-state index contributed by atoms with van der Waals surface area (Å²) >= 11 is 7.46. The minimum absolute atomic E-state index is 0.180. The zero-order chi connectivity index (χ0) is 17.2. The van der Waals surface area contributed by atoms with E-state index in [-0.39, 0.29) is 18.7 Å². The fourth-order valence-electron chi connectivity index (χ4n) is 2.62. The number of hydrogen-bond donors (Lipinski definition) is 2. The molecule has 1 unspecified atom stereocenters. The molecule has 8 heteroatoms. The SMILES string of the molecule is O=C(O)CC1(NC(=O)c2csc(-c3ccccc3Cl)n2)CCOC1. The second kappa shape index (κ2) is 6.88. The number of carboxylic acids is 1. The zero-order valence-electron chi connectivity index (χ0n) is 12.6. The van der Waals surface area contributed by atoms with Crippen LogP contribution >= 0.6 is 22.9 Å². The van der Waals surface area contributed by atoms with Crippen LogP contribution in [0.15, 0.2) is 29.6 Å². The van der Waals surface area contributed by atoms with E-state index in [1.165, 1.54) is 11.3 Å². The van der Waals surface area contributed by atoms with Crippen LogP contribution in [0.25, 0.3) is 10.6 Å². The fraction of sp³-hybridized carbons (Fsp3) is 0.312. The highest BCUT2D eigenvalue weighted by Crippen LogP contribution is 2.30. The molecule has 3 rings (SSSR count). The van der Waals surface area contributed by atoms with E-state index in [9.17, 15) is 9.59 Å². The van der Waals surface area contributed by atoms with E-state index in [0.717, 1.165) is 5.56 Å². The Morgan fingerprint density at radius 1 is 1.42 bits per heavy atom. The zero-order valence-corrected chi connectivity index (χ0v) is 14.2. The molecule has 1 atom stereocenters. The van der Waals surface area contributed by atoms with Gasteiger partial charge in [-0.15, -0.1) is 11.3 Å². The molecule has 0 bridgehead atoms. The molecule has 1 aromatic heterocycles. The number of amides is 1. The number of benzene rings is 1. The van der Waals surface area contributed by atoms with E-state index in [0.29, 0.717) is 23.1 Å². The number of hydrogen-bond acceptors (Lipinski definition) is 5. The molecular weight excluding hydrogens is 352 g/mol. The molecule has 2 N–H and O–H groups in total. The van der Waals surface area contributed by atoms with Crippen LogP contribution in [0.4, 0.5) is 0 Å². The maximum absolute atomic E-state index is 12.5. The molecule has 1 aliphatic rings. The number of carboxylic acid groups (broad SMARTS) is 1. The molecule has 2 aromatic rings. The van der Waals surface area contributed by atoms with E-state index < -0.39 is 17.4 Å². The van der Waals surface area contributed by atoms with Crippen molar-refractivity contribution in [2.75, 3.05) is 13.2 Å². The van der Waals surface area contributed by atoms with Crippen molar-refractivity contribution in [1.82, 2.24) is 10.3 Å². The summed E-state index contributed by atoms with van der Waals surface area (Å²) in [6, 6.07) is 7.26. The Morgan fingerprint density at radius 3 is 2.88 bits per heavy atom. The van der Waals surface area contributed by atoms with Gasteiger partial charge in [0.05, 0.1) is 23.6 Å². The summed E-state index contributed by atoms with van der Waals surface area (Å²) in [6.45, 7) is 0.613. The van der Waals surface area contributed by atoms with Crippen molar-refractivity contribution in [2.45, 2.75) is 18.4 Å². The summed E-state index contributed by atoms with van der Waals surface area (Å²) in [5.74, 6) is -1.38. The van der Waals surface area contributed by atoms with Crippen LogP contribution in [0.5, 0.6) is 0 Å². The Kier molecular flexibility index (Phi) is 4.84. The molecule has 1 saturated heterocycles. The number of carbonyl (C=O) groups is 2. The molecule has 1 aliphatic heterocycles. The number of nitrogens with zero attached hydrogens (tertiary/aromatic N) is 1. The number of ether oxygens (including phenoxy) is 1. The highest BCUT2D eigenvalue weighted by Gasteiger charge is 2.39. The number of halogens is 1. The molecule has 0 radical (unpaired) electrons. The predicted octanol–water partition coefficient (Wildman–Crippen LogP) is 2.83. The molecule has 0 spiro atoms. The average Bonchev–Trinajstić information content (AvgIpc) is 3.17. The summed E-state index contributed by atoms with van der Waals surface area (Å²) in [6.07, 6.45) is 0.285. The third-order valence-electron chi connectivity index (χ3n) is 3.81. The van der Waals surface area contributed by atoms with Crippen molar-refractivity contribution in [3.63, 3.8) is 0 Å². The normalized spacial score (nSPS) is 20.0. The van der Waals surface area contributed by atoms with Crippen molar-refractivity contribution in [3.05, 3.63) is 40.4 Å². The summed E-state index contributed by atoms with van der Waals surface area (Å²) in [4.78, 5) is 27.9. The van der Waals surface area contributed by atoms with E-state index >= 15 is 0 Å².